The molecule has 2 aromatic heterocycles. The molecule has 0 atom stereocenters. The van der Waals surface area contributed by atoms with Crippen molar-refractivity contribution in [2.24, 2.45) is 10.6 Å². The number of rotatable bonds is 3. The molecule has 0 radical (unpaired) electrons. The second-order valence-corrected chi connectivity index (χ2v) is 8.10. The van der Waals surface area contributed by atoms with Crippen LogP contribution in [0.25, 0.3) is 5.52 Å². The molecule has 0 unspecified atom stereocenters. The van der Waals surface area contributed by atoms with Gasteiger partial charge < -0.3 is 4.90 Å². The molecule has 3 heterocycles. The summed E-state index contributed by atoms with van der Waals surface area (Å²) < 4.78 is 3.97. The molecule has 1 spiro atoms. The molecule has 23 heavy (non-hydrogen) atoms. The Bertz CT molecular complexity index is 761. The summed E-state index contributed by atoms with van der Waals surface area (Å²) in [5, 5.41) is 10.6. The minimum Gasteiger partial charge on any atom is -0.354 e. The molecule has 1 saturated carbocycles. The first-order valence-electron chi connectivity index (χ1n) is 7.79. The number of nitrogens with zero attached hydrogens (tertiary/aromatic N) is 5. The molecule has 124 valence electrons. The quantitative estimate of drug-likeness (QED) is 0.856. The fourth-order valence-corrected chi connectivity index (χ4v) is 4.59. The topological polar surface area (TPSA) is 62.7 Å². The van der Waals surface area contributed by atoms with Crippen molar-refractivity contribution >= 4 is 35.1 Å². The Morgan fingerprint density at radius 2 is 2.04 bits per heavy atom. The molecule has 8 heteroatoms. The Hall–Kier alpha value is -1.02. The highest BCUT2D eigenvalue weighted by Gasteiger charge is 2.54. The van der Waals surface area contributed by atoms with E-state index < -0.39 is 0 Å². The lowest BCUT2D eigenvalue weighted by Gasteiger charge is -2.60. The smallest absolute Gasteiger partial charge is 0.156 e. The van der Waals surface area contributed by atoms with Gasteiger partial charge in [-0.1, -0.05) is 11.6 Å². The number of aryl methyl sites for hydroxylation is 1. The standard InChI is InChI=1S/C15H21ClN6S/c1-9-10(2)13(16)22-12(9)14(18-8-19-22)21-6-15(7-21)4-11(5-15)20(3)23-17/h8,11H,4-7,17H2,1-3H3. The van der Waals surface area contributed by atoms with Crippen LogP contribution in [0.5, 0.6) is 0 Å². The van der Waals surface area contributed by atoms with Gasteiger partial charge in [0, 0.05) is 36.7 Å². The fraction of sp³-hybridized carbons (Fsp3) is 0.600. The highest BCUT2D eigenvalue weighted by Crippen LogP contribution is 2.52. The number of aromatic nitrogens is 3. The van der Waals surface area contributed by atoms with Gasteiger partial charge in [0.25, 0.3) is 0 Å². The van der Waals surface area contributed by atoms with Crippen LogP contribution in [0, 0.1) is 19.3 Å². The number of halogens is 1. The van der Waals surface area contributed by atoms with Crippen LogP contribution in [0.15, 0.2) is 6.33 Å². The minimum atomic E-state index is 0.440. The van der Waals surface area contributed by atoms with Gasteiger partial charge in [0.2, 0.25) is 0 Å². The summed E-state index contributed by atoms with van der Waals surface area (Å²) in [7, 11) is 2.07. The summed E-state index contributed by atoms with van der Waals surface area (Å²) in [5.41, 5.74) is 3.72. The van der Waals surface area contributed by atoms with Crippen molar-refractivity contribution in [2.75, 3.05) is 25.0 Å². The van der Waals surface area contributed by atoms with E-state index in [-0.39, 0.29) is 0 Å². The lowest BCUT2D eigenvalue weighted by molar-refractivity contribution is 0.0240. The molecule has 2 fully saturated rings. The zero-order valence-corrected chi connectivity index (χ0v) is 15.2. The first-order chi connectivity index (χ1) is 11.0. The normalized spacial score (nSPS) is 20.3. The summed E-state index contributed by atoms with van der Waals surface area (Å²) in [5.74, 6) is 1.00. The van der Waals surface area contributed by atoms with Crippen LogP contribution >= 0.6 is 23.7 Å². The van der Waals surface area contributed by atoms with Gasteiger partial charge in [-0.3, -0.25) is 5.14 Å². The average molecular weight is 353 g/mol. The van der Waals surface area contributed by atoms with E-state index in [9.17, 15) is 0 Å². The summed E-state index contributed by atoms with van der Waals surface area (Å²) in [4.78, 5) is 6.89. The molecule has 0 bridgehead atoms. The molecule has 2 aliphatic rings. The molecule has 1 aliphatic carbocycles. The van der Waals surface area contributed by atoms with E-state index in [1.807, 2.05) is 11.4 Å². The number of hydrogen-bond acceptors (Lipinski definition) is 6. The monoisotopic (exact) mass is 352 g/mol. The maximum Gasteiger partial charge on any atom is 0.156 e. The van der Waals surface area contributed by atoms with E-state index in [0.29, 0.717) is 16.6 Å². The summed E-state index contributed by atoms with van der Waals surface area (Å²) in [6.45, 7) is 6.23. The Labute approximate surface area is 145 Å². The lowest BCUT2D eigenvalue weighted by Crippen LogP contribution is -2.66. The van der Waals surface area contributed by atoms with Crippen molar-refractivity contribution in [3.63, 3.8) is 0 Å². The molecular weight excluding hydrogens is 332 g/mol. The van der Waals surface area contributed by atoms with E-state index in [4.69, 9.17) is 16.7 Å². The van der Waals surface area contributed by atoms with Gasteiger partial charge in [0.1, 0.15) is 17.0 Å². The van der Waals surface area contributed by atoms with Crippen molar-refractivity contribution in [3.8, 4) is 0 Å². The van der Waals surface area contributed by atoms with Crippen LogP contribution in [0.1, 0.15) is 24.0 Å². The summed E-state index contributed by atoms with van der Waals surface area (Å²) in [6, 6.07) is 0.601. The van der Waals surface area contributed by atoms with Gasteiger partial charge >= 0.3 is 0 Å². The fourth-order valence-electron chi connectivity index (χ4n) is 4.00. The van der Waals surface area contributed by atoms with Crippen molar-refractivity contribution in [1.82, 2.24) is 18.9 Å². The number of hydrogen-bond donors (Lipinski definition) is 1. The molecule has 0 aromatic carbocycles. The molecule has 2 N–H and O–H groups in total. The second kappa shape index (κ2) is 5.24. The van der Waals surface area contributed by atoms with Gasteiger partial charge in [0.15, 0.2) is 5.82 Å². The first kappa shape index (κ1) is 15.5. The third-order valence-corrected chi connectivity index (χ3v) is 6.63. The molecule has 1 saturated heterocycles. The minimum absolute atomic E-state index is 0.440. The predicted octanol–water partition coefficient (Wildman–Crippen LogP) is 2.42. The van der Waals surface area contributed by atoms with Crippen LogP contribution in [-0.4, -0.2) is 45.1 Å². The maximum absolute atomic E-state index is 6.38. The number of fused-ring (bicyclic) bond motifs is 1. The Morgan fingerprint density at radius 1 is 1.35 bits per heavy atom. The van der Waals surface area contributed by atoms with Crippen LogP contribution in [0.2, 0.25) is 5.15 Å². The number of anilines is 1. The van der Waals surface area contributed by atoms with E-state index >= 15 is 0 Å². The van der Waals surface area contributed by atoms with Crippen molar-refractivity contribution in [2.45, 2.75) is 32.7 Å². The largest absolute Gasteiger partial charge is 0.354 e. The van der Waals surface area contributed by atoms with Gasteiger partial charge in [-0.05, 0) is 44.9 Å². The van der Waals surface area contributed by atoms with E-state index in [1.165, 1.54) is 25.0 Å². The van der Waals surface area contributed by atoms with Crippen LogP contribution < -0.4 is 10.0 Å². The van der Waals surface area contributed by atoms with Gasteiger partial charge in [-0.2, -0.15) is 5.10 Å². The van der Waals surface area contributed by atoms with Gasteiger partial charge in [-0.25, -0.2) is 13.8 Å². The molecule has 1 aliphatic heterocycles. The highest BCUT2D eigenvalue weighted by molar-refractivity contribution is 7.94. The van der Waals surface area contributed by atoms with E-state index in [2.05, 4.69) is 33.3 Å². The Kier molecular flexibility index (Phi) is 3.53. The van der Waals surface area contributed by atoms with Crippen molar-refractivity contribution in [3.05, 3.63) is 22.6 Å². The molecular formula is C15H21ClN6S. The number of nitrogens with two attached hydrogens (primary N) is 1. The highest BCUT2D eigenvalue weighted by atomic mass is 35.5. The zero-order chi connectivity index (χ0) is 16.4. The SMILES string of the molecule is Cc1c(C)c2c(N3CC4(CC(N(C)SN)C4)C3)ncnn2c1Cl. The van der Waals surface area contributed by atoms with Crippen molar-refractivity contribution in [1.29, 1.82) is 0 Å². The lowest BCUT2D eigenvalue weighted by atomic mass is 9.60. The molecule has 0 amide bonds. The molecule has 6 nitrogen and oxygen atoms in total. The predicted molar refractivity (Wildman–Crippen MR) is 94.7 cm³/mol. The average Bonchev–Trinajstić information content (AvgIpc) is 2.69. The molecule has 4 rings (SSSR count). The van der Waals surface area contributed by atoms with Crippen LogP contribution in [0.4, 0.5) is 5.82 Å². The maximum atomic E-state index is 6.38. The molecule has 2 aromatic rings. The van der Waals surface area contributed by atoms with Gasteiger partial charge in [0.05, 0.1) is 0 Å². The van der Waals surface area contributed by atoms with Crippen LogP contribution in [0.3, 0.4) is 0 Å². The third kappa shape index (κ3) is 2.17. The van der Waals surface area contributed by atoms with E-state index in [0.717, 1.165) is 35.6 Å². The van der Waals surface area contributed by atoms with E-state index in [1.54, 1.807) is 6.33 Å². The summed E-state index contributed by atoms with van der Waals surface area (Å²) in [6.07, 6.45) is 4.02. The Balaban J connectivity index is 1.56. The first-order valence-corrected chi connectivity index (χ1v) is 9.00. The summed E-state index contributed by atoms with van der Waals surface area (Å²) >= 11 is 7.71. The second-order valence-electron chi connectivity index (χ2n) is 6.95. The van der Waals surface area contributed by atoms with Crippen LogP contribution in [-0.2, 0) is 0 Å². The van der Waals surface area contributed by atoms with Crippen molar-refractivity contribution < 1.29 is 0 Å². The third-order valence-electron chi connectivity index (χ3n) is 5.55. The zero-order valence-electron chi connectivity index (χ0n) is 13.6. The van der Waals surface area contributed by atoms with Gasteiger partial charge in [-0.15, -0.1) is 0 Å². The Morgan fingerprint density at radius 3 is 2.70 bits per heavy atom.